The third-order valence-corrected chi connectivity index (χ3v) is 8.64. The first-order chi connectivity index (χ1) is 11.4. The minimum Gasteiger partial charge on any atom is -0.229 e. The van der Waals surface area contributed by atoms with Crippen LogP contribution >= 0.6 is 0 Å². The van der Waals surface area contributed by atoms with Crippen LogP contribution in [0.2, 0.25) is 0 Å². The Morgan fingerprint density at radius 1 is 1.00 bits per heavy atom. The van der Waals surface area contributed by atoms with Crippen molar-refractivity contribution in [1.29, 1.82) is 0 Å². The summed E-state index contributed by atoms with van der Waals surface area (Å²) >= 11 is 0. The molecule has 5 nitrogen and oxygen atoms in total. The van der Waals surface area contributed by atoms with Gasteiger partial charge in [-0.25, -0.2) is 16.8 Å². The second-order valence-corrected chi connectivity index (χ2v) is 10.8. The molecule has 10 heteroatoms. The molecule has 0 N–H and O–H groups in total. The lowest BCUT2D eigenvalue weighted by Gasteiger charge is -2.37. The Morgan fingerprint density at radius 3 is 2.00 bits per heavy atom. The van der Waals surface area contributed by atoms with Crippen LogP contribution in [0.4, 0.5) is 13.2 Å². The smallest absolute Gasteiger partial charge is 0.229 e. The molecule has 2 saturated heterocycles. The van der Waals surface area contributed by atoms with Gasteiger partial charge in [-0.1, -0.05) is 12.1 Å². The van der Waals surface area contributed by atoms with Gasteiger partial charge in [0.2, 0.25) is 10.0 Å². The van der Waals surface area contributed by atoms with Crippen molar-refractivity contribution in [3.63, 3.8) is 0 Å². The van der Waals surface area contributed by atoms with Gasteiger partial charge in [0.15, 0.2) is 0 Å². The van der Waals surface area contributed by atoms with Crippen LogP contribution in [0, 0.1) is 0 Å². The van der Waals surface area contributed by atoms with Crippen molar-refractivity contribution < 1.29 is 30.0 Å². The molecule has 2 aliphatic rings. The Balaban J connectivity index is 2.01. The fourth-order valence-electron chi connectivity index (χ4n) is 3.87. The molecule has 1 aromatic rings. The second-order valence-electron chi connectivity index (χ2n) is 6.64. The van der Waals surface area contributed by atoms with Crippen molar-refractivity contribution in [2.24, 2.45) is 0 Å². The van der Waals surface area contributed by atoms with Crippen LogP contribution in [0.5, 0.6) is 0 Å². The normalized spacial score (nSPS) is 28.2. The zero-order chi connectivity index (χ0) is 18.6. The number of halogens is 3. The molecule has 3 rings (SSSR count). The fourth-order valence-corrected chi connectivity index (χ4v) is 7.12. The summed E-state index contributed by atoms with van der Waals surface area (Å²) in [5.41, 5.74) is -1.19. The monoisotopic (exact) mass is 397 g/mol. The van der Waals surface area contributed by atoms with Crippen molar-refractivity contribution in [3.05, 3.63) is 29.8 Å². The van der Waals surface area contributed by atoms with Gasteiger partial charge in [0.25, 0.3) is 0 Å². The zero-order valence-corrected chi connectivity index (χ0v) is 15.0. The van der Waals surface area contributed by atoms with Crippen LogP contribution < -0.4 is 0 Å². The Morgan fingerprint density at radius 2 is 1.52 bits per heavy atom. The van der Waals surface area contributed by atoms with Gasteiger partial charge in [-0.3, -0.25) is 0 Å². The summed E-state index contributed by atoms with van der Waals surface area (Å²) in [4.78, 5) is -0.766. The van der Waals surface area contributed by atoms with E-state index in [-0.39, 0.29) is 12.8 Å². The van der Waals surface area contributed by atoms with E-state index in [0.29, 0.717) is 12.8 Å². The standard InChI is InChI=1S/C15H18F3NO4S2/c1-24(20,21)12-8-10-6-7-11(9-12)19(10)25(22,23)14-5-3-2-4-13(14)15(16,17)18/h2-5,10-12H,6-9H2,1H3/t10-,11+,12?. The fraction of sp³-hybridized carbons (Fsp3) is 0.600. The van der Waals surface area contributed by atoms with E-state index < -0.39 is 53.8 Å². The largest absolute Gasteiger partial charge is 0.417 e. The number of hydrogen-bond donors (Lipinski definition) is 0. The lowest BCUT2D eigenvalue weighted by Crippen LogP contribution is -2.49. The van der Waals surface area contributed by atoms with E-state index in [2.05, 4.69) is 0 Å². The first-order valence-corrected chi connectivity index (χ1v) is 11.2. The first-order valence-electron chi connectivity index (χ1n) is 7.81. The number of rotatable bonds is 3. The van der Waals surface area contributed by atoms with E-state index in [9.17, 15) is 30.0 Å². The number of piperidine rings is 1. The van der Waals surface area contributed by atoms with Crippen molar-refractivity contribution in [1.82, 2.24) is 4.31 Å². The topological polar surface area (TPSA) is 71.5 Å². The van der Waals surface area contributed by atoms with Crippen molar-refractivity contribution in [2.75, 3.05) is 6.26 Å². The van der Waals surface area contributed by atoms with Gasteiger partial charge in [-0.2, -0.15) is 17.5 Å². The molecule has 0 aliphatic carbocycles. The number of sulfonamides is 1. The molecule has 0 amide bonds. The molecule has 0 spiro atoms. The van der Waals surface area contributed by atoms with Gasteiger partial charge in [0, 0.05) is 18.3 Å². The lowest BCUT2D eigenvalue weighted by atomic mass is 10.1. The highest BCUT2D eigenvalue weighted by Gasteiger charge is 2.50. The van der Waals surface area contributed by atoms with Crippen molar-refractivity contribution in [2.45, 2.75) is 54.1 Å². The van der Waals surface area contributed by atoms with Gasteiger partial charge in [-0.15, -0.1) is 0 Å². The molecule has 3 atom stereocenters. The second kappa shape index (κ2) is 5.95. The van der Waals surface area contributed by atoms with Gasteiger partial charge in [-0.05, 0) is 37.8 Å². The zero-order valence-electron chi connectivity index (χ0n) is 13.4. The average molecular weight is 397 g/mol. The molecule has 0 aromatic heterocycles. The van der Waals surface area contributed by atoms with Crippen LogP contribution in [0.15, 0.2) is 29.2 Å². The Hall–Kier alpha value is -1.13. The molecule has 140 valence electrons. The molecule has 2 fully saturated rings. The number of hydrogen-bond acceptors (Lipinski definition) is 4. The number of alkyl halides is 3. The summed E-state index contributed by atoms with van der Waals surface area (Å²) in [6.07, 6.45) is -2.49. The van der Waals surface area contributed by atoms with Crippen LogP contribution in [-0.2, 0) is 26.0 Å². The molecular formula is C15H18F3NO4S2. The van der Waals surface area contributed by atoms with Crippen molar-refractivity contribution in [3.8, 4) is 0 Å². The summed E-state index contributed by atoms with van der Waals surface area (Å²) < 4.78 is 90.2. The number of nitrogens with zero attached hydrogens (tertiary/aromatic N) is 1. The molecule has 0 radical (unpaired) electrons. The molecule has 1 aromatic carbocycles. The van der Waals surface area contributed by atoms with Gasteiger partial charge < -0.3 is 0 Å². The Bertz CT molecular complexity index is 866. The number of sulfone groups is 1. The maximum atomic E-state index is 13.2. The Labute approximate surface area is 144 Å². The van der Waals surface area contributed by atoms with Crippen LogP contribution in [0.1, 0.15) is 31.2 Å². The molecule has 1 unspecified atom stereocenters. The quantitative estimate of drug-likeness (QED) is 0.785. The highest BCUT2D eigenvalue weighted by molar-refractivity contribution is 7.91. The maximum absolute atomic E-state index is 13.2. The minimum absolute atomic E-state index is 0.128. The average Bonchev–Trinajstić information content (AvgIpc) is 2.77. The van der Waals surface area contributed by atoms with Gasteiger partial charge in [0.1, 0.15) is 9.84 Å². The van der Waals surface area contributed by atoms with Crippen molar-refractivity contribution >= 4 is 19.9 Å². The van der Waals surface area contributed by atoms with Gasteiger partial charge >= 0.3 is 6.18 Å². The predicted molar refractivity (Wildman–Crippen MR) is 85.1 cm³/mol. The van der Waals surface area contributed by atoms with E-state index in [0.717, 1.165) is 28.8 Å². The highest BCUT2D eigenvalue weighted by Crippen LogP contribution is 2.43. The predicted octanol–water partition coefficient (Wildman–Crippen LogP) is 2.43. The van der Waals surface area contributed by atoms with E-state index in [4.69, 9.17) is 0 Å². The summed E-state index contributed by atoms with van der Waals surface area (Å²) in [6, 6.07) is 2.95. The summed E-state index contributed by atoms with van der Waals surface area (Å²) in [5, 5.41) is -0.644. The molecule has 2 heterocycles. The molecule has 2 bridgehead atoms. The molecule has 0 saturated carbocycles. The van der Waals surface area contributed by atoms with E-state index in [1.807, 2.05) is 0 Å². The summed E-state index contributed by atoms with van der Waals surface area (Å²) in [6.45, 7) is 0. The molecule has 2 aliphatic heterocycles. The van der Waals surface area contributed by atoms with Crippen LogP contribution in [-0.4, -0.2) is 44.7 Å². The maximum Gasteiger partial charge on any atom is 0.417 e. The third-order valence-electron chi connectivity index (χ3n) is 4.98. The first kappa shape index (κ1) is 18.7. The SMILES string of the molecule is CS(=O)(=O)C1C[C@H]2CC[C@@H](C1)N2S(=O)(=O)c1ccccc1C(F)(F)F. The molecule has 25 heavy (non-hydrogen) atoms. The Kier molecular flexibility index (Phi) is 4.44. The minimum atomic E-state index is -4.78. The number of benzene rings is 1. The van der Waals surface area contributed by atoms with E-state index in [1.54, 1.807) is 0 Å². The summed E-state index contributed by atoms with van der Waals surface area (Å²) in [5.74, 6) is 0. The lowest BCUT2D eigenvalue weighted by molar-refractivity contribution is -0.139. The number of fused-ring (bicyclic) bond motifs is 2. The van der Waals surface area contributed by atoms with E-state index in [1.165, 1.54) is 6.07 Å². The van der Waals surface area contributed by atoms with Gasteiger partial charge in [0.05, 0.1) is 15.7 Å². The van der Waals surface area contributed by atoms with E-state index >= 15 is 0 Å². The summed E-state index contributed by atoms with van der Waals surface area (Å²) in [7, 11) is -7.68. The van der Waals surface area contributed by atoms with Crippen LogP contribution in [0.3, 0.4) is 0 Å². The highest BCUT2D eigenvalue weighted by atomic mass is 32.2. The third kappa shape index (κ3) is 3.31. The molecular weight excluding hydrogens is 379 g/mol. The van der Waals surface area contributed by atoms with Crippen LogP contribution in [0.25, 0.3) is 0 Å².